The second kappa shape index (κ2) is 9.14. The van der Waals surface area contributed by atoms with Crippen LogP contribution in [0.15, 0.2) is 70.3 Å². The number of halogens is 1. The molecule has 0 aliphatic carbocycles. The molecule has 8 nitrogen and oxygen atoms in total. The van der Waals surface area contributed by atoms with Crippen LogP contribution < -0.4 is 19.5 Å². The molecule has 0 fully saturated rings. The van der Waals surface area contributed by atoms with E-state index in [1.54, 1.807) is 30.3 Å². The van der Waals surface area contributed by atoms with E-state index in [4.69, 9.17) is 9.47 Å². The Morgan fingerprint density at radius 3 is 2.40 bits per heavy atom. The van der Waals surface area contributed by atoms with Crippen molar-refractivity contribution < 1.29 is 22.7 Å². The first-order valence-corrected chi connectivity index (χ1v) is 10.9. The molecular formula is C20H18BrN3O5S. The maximum atomic E-state index is 12.6. The molecule has 0 aliphatic rings. The van der Waals surface area contributed by atoms with E-state index in [1.807, 2.05) is 0 Å². The molecule has 1 aromatic heterocycles. The van der Waals surface area contributed by atoms with E-state index in [9.17, 15) is 13.2 Å². The van der Waals surface area contributed by atoms with E-state index in [-0.39, 0.29) is 16.1 Å². The summed E-state index contributed by atoms with van der Waals surface area (Å²) in [6.07, 6.45) is 2.66. The van der Waals surface area contributed by atoms with Crippen LogP contribution in [0.2, 0.25) is 0 Å². The minimum absolute atomic E-state index is 0.0866. The SMILES string of the molecule is COc1ccc(NC(=O)c2cncc(NS(=O)(=O)c3ccc(Br)cc3)c2)c(OC)c1. The molecule has 0 saturated heterocycles. The molecule has 0 atom stereocenters. The minimum Gasteiger partial charge on any atom is -0.497 e. The molecular weight excluding hydrogens is 474 g/mol. The molecule has 0 unspecified atom stereocenters. The Hall–Kier alpha value is -3.11. The van der Waals surface area contributed by atoms with Gasteiger partial charge in [-0.05, 0) is 42.5 Å². The lowest BCUT2D eigenvalue weighted by atomic mass is 10.2. The summed E-state index contributed by atoms with van der Waals surface area (Å²) in [6.45, 7) is 0. The molecule has 0 bridgehead atoms. The lowest BCUT2D eigenvalue weighted by Gasteiger charge is -2.12. The first kappa shape index (κ1) is 21.6. The van der Waals surface area contributed by atoms with Crippen LogP contribution in [0.1, 0.15) is 10.4 Å². The Morgan fingerprint density at radius 2 is 1.73 bits per heavy atom. The van der Waals surface area contributed by atoms with Crippen molar-refractivity contribution in [2.75, 3.05) is 24.3 Å². The number of ether oxygens (including phenoxy) is 2. The van der Waals surface area contributed by atoms with E-state index in [2.05, 4.69) is 31.0 Å². The van der Waals surface area contributed by atoms with Gasteiger partial charge in [0.1, 0.15) is 11.5 Å². The molecule has 1 amide bonds. The fourth-order valence-corrected chi connectivity index (χ4v) is 3.84. The average Bonchev–Trinajstić information content (AvgIpc) is 2.74. The highest BCUT2D eigenvalue weighted by Gasteiger charge is 2.16. The maximum absolute atomic E-state index is 12.6. The molecule has 30 heavy (non-hydrogen) atoms. The van der Waals surface area contributed by atoms with Crippen molar-refractivity contribution in [2.45, 2.75) is 4.90 Å². The van der Waals surface area contributed by atoms with Gasteiger partial charge in [0.15, 0.2) is 0 Å². The van der Waals surface area contributed by atoms with Crippen LogP contribution in [-0.4, -0.2) is 33.5 Å². The zero-order valence-electron chi connectivity index (χ0n) is 16.0. The molecule has 0 spiro atoms. The largest absolute Gasteiger partial charge is 0.497 e. The van der Waals surface area contributed by atoms with Crippen LogP contribution in [0.4, 0.5) is 11.4 Å². The zero-order chi connectivity index (χ0) is 21.7. The summed E-state index contributed by atoms with van der Waals surface area (Å²) >= 11 is 3.26. The number of nitrogens with one attached hydrogen (secondary N) is 2. The standard InChI is InChI=1S/C20H18BrN3O5S/c1-28-16-5-8-18(19(10-16)29-2)23-20(25)13-9-15(12-22-11-13)24-30(26,27)17-6-3-14(21)4-7-17/h3-12,24H,1-2H3,(H,23,25). The smallest absolute Gasteiger partial charge is 0.261 e. The highest BCUT2D eigenvalue weighted by Crippen LogP contribution is 2.29. The van der Waals surface area contributed by atoms with Crippen LogP contribution in [0.25, 0.3) is 0 Å². The lowest BCUT2D eigenvalue weighted by Crippen LogP contribution is -2.16. The number of amides is 1. The predicted octanol–water partition coefficient (Wildman–Crippen LogP) is 3.91. The number of carbonyl (C=O) groups excluding carboxylic acids is 1. The number of methoxy groups -OCH3 is 2. The Kier molecular flexibility index (Phi) is 6.58. The number of carbonyl (C=O) groups is 1. The third-order valence-corrected chi connectivity index (χ3v) is 5.96. The van der Waals surface area contributed by atoms with Gasteiger partial charge < -0.3 is 14.8 Å². The van der Waals surface area contributed by atoms with Crippen LogP contribution in [0, 0.1) is 0 Å². The van der Waals surface area contributed by atoms with Gasteiger partial charge in [-0.15, -0.1) is 0 Å². The van der Waals surface area contributed by atoms with Gasteiger partial charge in [0.05, 0.1) is 42.3 Å². The second-order valence-corrected chi connectivity index (χ2v) is 8.64. The number of rotatable bonds is 7. The number of hydrogen-bond donors (Lipinski definition) is 2. The second-order valence-electron chi connectivity index (χ2n) is 6.04. The van der Waals surface area contributed by atoms with Gasteiger partial charge in [-0.3, -0.25) is 14.5 Å². The number of nitrogens with zero attached hydrogens (tertiary/aromatic N) is 1. The van der Waals surface area contributed by atoms with Gasteiger partial charge >= 0.3 is 0 Å². The van der Waals surface area contributed by atoms with Crippen LogP contribution in [0.3, 0.4) is 0 Å². The fraction of sp³-hybridized carbons (Fsp3) is 0.100. The number of anilines is 2. The van der Waals surface area contributed by atoms with Crippen molar-refractivity contribution in [3.05, 3.63) is 71.0 Å². The Bertz CT molecular complexity index is 1170. The van der Waals surface area contributed by atoms with E-state index in [0.29, 0.717) is 17.2 Å². The summed E-state index contributed by atoms with van der Waals surface area (Å²) in [5.41, 5.74) is 0.764. The van der Waals surface area contributed by atoms with E-state index in [0.717, 1.165) is 4.47 Å². The first-order chi connectivity index (χ1) is 14.3. The highest BCUT2D eigenvalue weighted by atomic mass is 79.9. The van der Waals surface area contributed by atoms with E-state index >= 15 is 0 Å². The van der Waals surface area contributed by atoms with Crippen LogP contribution >= 0.6 is 15.9 Å². The summed E-state index contributed by atoms with van der Waals surface area (Å²) in [5, 5.41) is 2.72. The monoisotopic (exact) mass is 491 g/mol. The molecule has 2 aromatic carbocycles. The summed E-state index contributed by atoms with van der Waals surface area (Å²) in [7, 11) is -0.823. The van der Waals surface area contributed by atoms with Crippen molar-refractivity contribution in [3.63, 3.8) is 0 Å². The Balaban J connectivity index is 1.80. The average molecular weight is 492 g/mol. The minimum atomic E-state index is -3.83. The Labute approximate surface area is 182 Å². The summed E-state index contributed by atoms with van der Waals surface area (Å²) < 4.78 is 38.7. The molecule has 0 radical (unpaired) electrons. The third kappa shape index (κ3) is 5.08. The predicted molar refractivity (Wildman–Crippen MR) is 117 cm³/mol. The zero-order valence-corrected chi connectivity index (χ0v) is 18.5. The number of sulfonamides is 1. The molecule has 1 heterocycles. The topological polar surface area (TPSA) is 107 Å². The molecule has 3 aromatic rings. The normalized spacial score (nSPS) is 10.9. The van der Waals surface area contributed by atoms with Gasteiger partial charge in [0.2, 0.25) is 0 Å². The summed E-state index contributed by atoms with van der Waals surface area (Å²) in [6, 6.07) is 12.5. The molecule has 3 rings (SSSR count). The van der Waals surface area contributed by atoms with E-state index in [1.165, 1.54) is 44.8 Å². The van der Waals surface area contributed by atoms with E-state index < -0.39 is 15.9 Å². The van der Waals surface area contributed by atoms with Gasteiger partial charge in [-0.1, -0.05) is 15.9 Å². The van der Waals surface area contributed by atoms with Crippen molar-refractivity contribution in [1.82, 2.24) is 4.98 Å². The molecule has 0 saturated carbocycles. The molecule has 2 N–H and O–H groups in total. The maximum Gasteiger partial charge on any atom is 0.261 e. The summed E-state index contributed by atoms with van der Waals surface area (Å²) in [5.74, 6) is 0.522. The Morgan fingerprint density at radius 1 is 1.00 bits per heavy atom. The van der Waals surface area contributed by atoms with Gasteiger partial charge in [-0.2, -0.15) is 0 Å². The molecule has 10 heteroatoms. The van der Waals surface area contributed by atoms with Crippen molar-refractivity contribution in [1.29, 1.82) is 0 Å². The third-order valence-electron chi connectivity index (χ3n) is 4.03. The van der Waals surface area contributed by atoms with Crippen LogP contribution in [0.5, 0.6) is 11.5 Å². The lowest BCUT2D eigenvalue weighted by molar-refractivity contribution is 0.102. The van der Waals surface area contributed by atoms with Crippen molar-refractivity contribution in [3.8, 4) is 11.5 Å². The van der Waals surface area contributed by atoms with Gasteiger partial charge in [0.25, 0.3) is 15.9 Å². The van der Waals surface area contributed by atoms with Crippen LogP contribution in [-0.2, 0) is 10.0 Å². The highest BCUT2D eigenvalue weighted by molar-refractivity contribution is 9.10. The van der Waals surface area contributed by atoms with Crippen molar-refractivity contribution in [2.24, 2.45) is 0 Å². The quantitative estimate of drug-likeness (QED) is 0.518. The number of hydrogen-bond acceptors (Lipinski definition) is 6. The number of benzene rings is 2. The molecule has 156 valence electrons. The van der Waals surface area contributed by atoms with Crippen molar-refractivity contribution >= 4 is 43.2 Å². The van der Waals surface area contributed by atoms with Gasteiger partial charge in [-0.25, -0.2) is 8.42 Å². The number of pyridine rings is 1. The first-order valence-electron chi connectivity index (χ1n) is 8.59. The van der Waals surface area contributed by atoms with Gasteiger partial charge in [0, 0.05) is 16.7 Å². The summed E-state index contributed by atoms with van der Waals surface area (Å²) in [4.78, 5) is 16.7. The fourth-order valence-electron chi connectivity index (χ4n) is 2.54. The number of aromatic nitrogens is 1. The molecule has 0 aliphatic heterocycles.